The van der Waals surface area contributed by atoms with Gasteiger partial charge in [0.1, 0.15) is 5.75 Å². The first-order valence-electron chi connectivity index (χ1n) is 6.93. The summed E-state index contributed by atoms with van der Waals surface area (Å²) in [5.74, 6) is 0.605. The molecule has 0 atom stereocenters. The predicted octanol–water partition coefficient (Wildman–Crippen LogP) is 2.77. The molecule has 21 heavy (non-hydrogen) atoms. The van der Waals surface area contributed by atoms with E-state index in [1.165, 1.54) is 5.56 Å². The zero-order chi connectivity index (χ0) is 15.2. The molecule has 0 bridgehead atoms. The lowest BCUT2D eigenvalue weighted by molar-refractivity contribution is 0.0950. The Labute approximate surface area is 124 Å². The molecular formula is C17H20N2O2. The molecule has 2 aromatic rings. The molecule has 0 spiro atoms. The standard InChI is InChI=1S/C17H20N2O2/c1-3-12-4-6-13(7-5-12)17(20)19-11-14-10-15(18)8-9-16(14)21-2/h4-10H,3,11,18H2,1-2H3,(H,19,20). The Bertz CT molecular complexity index is 621. The molecule has 110 valence electrons. The molecule has 0 radical (unpaired) electrons. The number of nitrogens with two attached hydrogens (primary N) is 1. The van der Waals surface area contributed by atoms with Crippen LogP contribution >= 0.6 is 0 Å². The molecule has 0 saturated heterocycles. The van der Waals surface area contributed by atoms with Crippen molar-refractivity contribution in [1.82, 2.24) is 5.32 Å². The van der Waals surface area contributed by atoms with Crippen molar-refractivity contribution >= 4 is 11.6 Å². The van der Waals surface area contributed by atoms with Crippen LogP contribution in [0.2, 0.25) is 0 Å². The summed E-state index contributed by atoms with van der Waals surface area (Å²) >= 11 is 0. The van der Waals surface area contributed by atoms with Gasteiger partial charge in [0.05, 0.1) is 7.11 Å². The van der Waals surface area contributed by atoms with E-state index in [9.17, 15) is 4.79 Å². The average Bonchev–Trinajstić information content (AvgIpc) is 2.52. The molecule has 1 amide bonds. The Balaban J connectivity index is 2.05. The molecule has 4 heteroatoms. The van der Waals surface area contributed by atoms with E-state index in [4.69, 9.17) is 10.5 Å². The van der Waals surface area contributed by atoms with Gasteiger partial charge in [0, 0.05) is 23.4 Å². The van der Waals surface area contributed by atoms with Crippen molar-refractivity contribution in [3.05, 3.63) is 59.2 Å². The number of rotatable bonds is 5. The van der Waals surface area contributed by atoms with Crippen LogP contribution in [0.25, 0.3) is 0 Å². The van der Waals surface area contributed by atoms with Crippen molar-refractivity contribution in [1.29, 1.82) is 0 Å². The fourth-order valence-electron chi connectivity index (χ4n) is 2.11. The second-order valence-electron chi connectivity index (χ2n) is 4.80. The van der Waals surface area contributed by atoms with Gasteiger partial charge in [0.2, 0.25) is 0 Å². The van der Waals surface area contributed by atoms with E-state index < -0.39 is 0 Å². The van der Waals surface area contributed by atoms with Gasteiger partial charge in [0.15, 0.2) is 0 Å². The third-order valence-electron chi connectivity index (χ3n) is 3.37. The molecule has 0 aliphatic carbocycles. The lowest BCUT2D eigenvalue weighted by Gasteiger charge is -2.11. The molecule has 0 heterocycles. The molecular weight excluding hydrogens is 264 g/mol. The maximum absolute atomic E-state index is 12.1. The van der Waals surface area contributed by atoms with E-state index in [2.05, 4.69) is 12.2 Å². The highest BCUT2D eigenvalue weighted by Crippen LogP contribution is 2.20. The number of hydrogen-bond acceptors (Lipinski definition) is 3. The van der Waals surface area contributed by atoms with Gasteiger partial charge in [-0.2, -0.15) is 0 Å². The average molecular weight is 284 g/mol. The Hall–Kier alpha value is -2.49. The predicted molar refractivity (Wildman–Crippen MR) is 84.4 cm³/mol. The number of anilines is 1. The number of hydrogen-bond donors (Lipinski definition) is 2. The van der Waals surface area contributed by atoms with E-state index in [1.807, 2.05) is 24.3 Å². The summed E-state index contributed by atoms with van der Waals surface area (Å²) in [6.45, 7) is 2.46. The minimum Gasteiger partial charge on any atom is -0.496 e. The summed E-state index contributed by atoms with van der Waals surface area (Å²) < 4.78 is 5.26. The van der Waals surface area contributed by atoms with Crippen LogP contribution in [0.1, 0.15) is 28.4 Å². The Morgan fingerprint density at radius 1 is 1.19 bits per heavy atom. The van der Waals surface area contributed by atoms with Crippen LogP contribution in [0.3, 0.4) is 0 Å². The van der Waals surface area contributed by atoms with Crippen LogP contribution < -0.4 is 15.8 Å². The number of ether oxygens (including phenoxy) is 1. The molecule has 0 fully saturated rings. The van der Waals surface area contributed by atoms with Crippen LogP contribution in [0, 0.1) is 0 Å². The molecule has 0 aromatic heterocycles. The third-order valence-corrected chi connectivity index (χ3v) is 3.37. The van der Waals surface area contributed by atoms with Gasteiger partial charge < -0.3 is 15.8 Å². The first-order valence-corrected chi connectivity index (χ1v) is 6.93. The monoisotopic (exact) mass is 284 g/mol. The highest BCUT2D eigenvalue weighted by molar-refractivity contribution is 5.94. The highest BCUT2D eigenvalue weighted by Gasteiger charge is 2.08. The number of nitrogens with one attached hydrogen (secondary N) is 1. The van der Waals surface area contributed by atoms with Crippen molar-refractivity contribution < 1.29 is 9.53 Å². The van der Waals surface area contributed by atoms with Crippen molar-refractivity contribution in [2.24, 2.45) is 0 Å². The zero-order valence-electron chi connectivity index (χ0n) is 12.3. The summed E-state index contributed by atoms with van der Waals surface area (Å²) in [4.78, 5) is 12.1. The molecule has 0 unspecified atom stereocenters. The minimum absolute atomic E-state index is 0.109. The zero-order valence-corrected chi connectivity index (χ0v) is 12.3. The van der Waals surface area contributed by atoms with Gasteiger partial charge in [-0.05, 0) is 42.3 Å². The molecule has 4 nitrogen and oxygen atoms in total. The normalized spacial score (nSPS) is 10.2. The number of amides is 1. The van der Waals surface area contributed by atoms with Crippen molar-refractivity contribution in [2.45, 2.75) is 19.9 Å². The summed E-state index contributed by atoms with van der Waals surface area (Å²) in [6.07, 6.45) is 0.961. The first kappa shape index (κ1) is 14.9. The molecule has 0 aliphatic rings. The number of methoxy groups -OCH3 is 1. The Morgan fingerprint density at radius 3 is 2.52 bits per heavy atom. The van der Waals surface area contributed by atoms with E-state index in [0.717, 1.165) is 12.0 Å². The molecule has 0 saturated carbocycles. The van der Waals surface area contributed by atoms with Gasteiger partial charge in [-0.3, -0.25) is 4.79 Å². The van der Waals surface area contributed by atoms with Crippen LogP contribution in [0.15, 0.2) is 42.5 Å². The third kappa shape index (κ3) is 3.75. The number of carbonyl (C=O) groups excluding carboxylic acids is 1. The van der Waals surface area contributed by atoms with Crippen LogP contribution in [-0.2, 0) is 13.0 Å². The van der Waals surface area contributed by atoms with E-state index in [-0.39, 0.29) is 5.91 Å². The second kappa shape index (κ2) is 6.79. The van der Waals surface area contributed by atoms with E-state index >= 15 is 0 Å². The van der Waals surface area contributed by atoms with E-state index in [1.54, 1.807) is 25.3 Å². The van der Waals surface area contributed by atoms with Crippen LogP contribution in [0.5, 0.6) is 5.75 Å². The van der Waals surface area contributed by atoms with Gasteiger partial charge >= 0.3 is 0 Å². The number of aryl methyl sites for hydroxylation is 1. The summed E-state index contributed by atoms with van der Waals surface area (Å²) in [7, 11) is 1.60. The molecule has 2 aromatic carbocycles. The van der Waals surface area contributed by atoms with Crippen molar-refractivity contribution in [3.63, 3.8) is 0 Å². The van der Waals surface area contributed by atoms with Crippen molar-refractivity contribution in [2.75, 3.05) is 12.8 Å². The first-order chi connectivity index (χ1) is 10.1. The minimum atomic E-state index is -0.109. The Kier molecular flexibility index (Phi) is 4.82. The SMILES string of the molecule is CCc1ccc(C(=O)NCc2cc(N)ccc2OC)cc1. The van der Waals surface area contributed by atoms with Crippen LogP contribution in [-0.4, -0.2) is 13.0 Å². The number of nitrogen functional groups attached to an aromatic ring is 1. The van der Waals surface area contributed by atoms with Gasteiger partial charge in [0.25, 0.3) is 5.91 Å². The number of carbonyl (C=O) groups is 1. The fourth-order valence-corrected chi connectivity index (χ4v) is 2.11. The quantitative estimate of drug-likeness (QED) is 0.830. The summed E-state index contributed by atoms with van der Waals surface area (Å²) in [6, 6.07) is 13.0. The maximum atomic E-state index is 12.1. The molecule has 2 rings (SSSR count). The summed E-state index contributed by atoms with van der Waals surface area (Å²) in [5.41, 5.74) is 9.13. The highest BCUT2D eigenvalue weighted by atomic mass is 16.5. The van der Waals surface area contributed by atoms with E-state index in [0.29, 0.717) is 23.5 Å². The second-order valence-corrected chi connectivity index (χ2v) is 4.80. The lowest BCUT2D eigenvalue weighted by Crippen LogP contribution is -2.23. The largest absolute Gasteiger partial charge is 0.496 e. The molecule has 0 aliphatic heterocycles. The smallest absolute Gasteiger partial charge is 0.251 e. The van der Waals surface area contributed by atoms with Crippen molar-refractivity contribution in [3.8, 4) is 5.75 Å². The maximum Gasteiger partial charge on any atom is 0.251 e. The van der Waals surface area contributed by atoms with Gasteiger partial charge in [-0.1, -0.05) is 19.1 Å². The Morgan fingerprint density at radius 2 is 1.90 bits per heavy atom. The summed E-state index contributed by atoms with van der Waals surface area (Å²) in [5, 5.41) is 2.88. The number of benzene rings is 2. The van der Waals surface area contributed by atoms with Gasteiger partial charge in [-0.25, -0.2) is 0 Å². The van der Waals surface area contributed by atoms with Crippen LogP contribution in [0.4, 0.5) is 5.69 Å². The van der Waals surface area contributed by atoms with Gasteiger partial charge in [-0.15, -0.1) is 0 Å². The lowest BCUT2D eigenvalue weighted by atomic mass is 10.1. The fraction of sp³-hybridized carbons (Fsp3) is 0.235. The molecule has 3 N–H and O–H groups in total. The topological polar surface area (TPSA) is 64.4 Å².